The van der Waals surface area contributed by atoms with Crippen molar-refractivity contribution in [1.82, 2.24) is 0 Å². The highest BCUT2D eigenvalue weighted by Crippen LogP contribution is 2.51. The Kier molecular flexibility index (Phi) is 7.19. The van der Waals surface area contributed by atoms with Crippen LogP contribution in [0.4, 0.5) is 43.9 Å². The summed E-state index contributed by atoms with van der Waals surface area (Å²) in [6.45, 7) is -1.12. The quantitative estimate of drug-likeness (QED) is 0.282. The number of unbranched alkanes of at least 4 members (excludes halogenated alkanes) is 2. The Morgan fingerprint density at radius 3 is 1.67 bits per heavy atom. The minimum absolute atomic E-state index is 0.0322. The monoisotopic (exact) mass is 506 g/mol. The molecule has 2 atom stereocenters. The zero-order valence-electron chi connectivity index (χ0n) is 15.2. The summed E-state index contributed by atoms with van der Waals surface area (Å²) in [6.07, 6.45) is -15.9. The fourth-order valence-corrected chi connectivity index (χ4v) is 7.75. The lowest BCUT2D eigenvalue weighted by molar-refractivity contribution is -0.807. The molecular formula is C13H18F10NO4S2+. The van der Waals surface area contributed by atoms with Crippen LogP contribution in [-0.2, 0) is 19.9 Å². The molecule has 5 nitrogen and oxygen atoms in total. The number of halogens is 10. The van der Waals surface area contributed by atoms with E-state index in [2.05, 4.69) is 0 Å². The van der Waals surface area contributed by atoms with Gasteiger partial charge in [0.15, 0.2) is 0 Å². The zero-order valence-corrected chi connectivity index (χ0v) is 16.8. The van der Waals surface area contributed by atoms with Gasteiger partial charge in [-0.25, -0.2) is 8.42 Å². The van der Waals surface area contributed by atoms with E-state index in [4.69, 9.17) is 0 Å². The molecule has 30 heavy (non-hydrogen) atoms. The van der Waals surface area contributed by atoms with Gasteiger partial charge in [0.2, 0.25) is 5.37 Å². The first-order valence-electron chi connectivity index (χ1n) is 8.39. The van der Waals surface area contributed by atoms with Crippen LogP contribution >= 0.6 is 0 Å². The molecule has 0 bridgehead atoms. The van der Waals surface area contributed by atoms with Crippen LogP contribution in [0.15, 0.2) is 0 Å². The molecule has 0 aromatic heterocycles. The molecule has 1 aliphatic heterocycles. The van der Waals surface area contributed by atoms with Crippen LogP contribution in [0.5, 0.6) is 0 Å². The van der Waals surface area contributed by atoms with Gasteiger partial charge in [-0.15, -0.1) is 0 Å². The number of sulfonamides is 1. The lowest BCUT2D eigenvalue weighted by atomic mass is 10.2. The van der Waals surface area contributed by atoms with Crippen LogP contribution in [0.1, 0.15) is 39.0 Å². The van der Waals surface area contributed by atoms with E-state index in [0.29, 0.717) is 0 Å². The fraction of sp³-hybridized carbons (Fsp3) is 1.00. The molecule has 180 valence electrons. The molecule has 0 spiro atoms. The van der Waals surface area contributed by atoms with Crippen LogP contribution in [0, 0.1) is 0 Å². The Bertz CT molecular complexity index is 835. The first-order valence-corrected chi connectivity index (χ1v) is 11.4. The van der Waals surface area contributed by atoms with Crippen LogP contribution in [0.3, 0.4) is 0 Å². The lowest BCUT2D eigenvalue weighted by Crippen LogP contribution is -2.68. The molecule has 1 rings (SSSR count). The summed E-state index contributed by atoms with van der Waals surface area (Å²) in [5.74, 6) is 0. The molecule has 0 N–H and O–H groups in total. The van der Waals surface area contributed by atoms with E-state index >= 15 is 0 Å². The fourth-order valence-electron chi connectivity index (χ4n) is 3.31. The summed E-state index contributed by atoms with van der Waals surface area (Å²) < 4.78 is 178. The predicted molar refractivity (Wildman–Crippen MR) is 82.4 cm³/mol. The summed E-state index contributed by atoms with van der Waals surface area (Å²) >= 11 is 0. The molecule has 1 saturated heterocycles. The second-order valence-corrected chi connectivity index (χ2v) is 11.1. The molecule has 1 fully saturated rings. The van der Waals surface area contributed by atoms with E-state index in [1.54, 1.807) is 0 Å². The summed E-state index contributed by atoms with van der Waals surface area (Å²) in [7, 11) is -13.9. The standard InChI is InChI=1S/C13H18F10NO4S2/c1-2-3-4-7-24(30(27,28)13(22,23)11(17,18)19)8-5-6-9(24)29(25,26)12(20,21)10(14,15)16/h9H,2-8H2,1H3/q+1. The number of alkyl halides is 10. The number of quaternary nitrogens is 1. The van der Waals surface area contributed by atoms with Gasteiger partial charge in [-0.05, 0) is 12.8 Å². The number of nitrogens with zero attached hydrogens (tertiary/aromatic N) is 1. The maximum atomic E-state index is 13.9. The number of likely N-dealkylation sites (tertiary alicyclic amines) is 1. The number of sulfone groups is 1. The molecule has 2 unspecified atom stereocenters. The van der Waals surface area contributed by atoms with Crippen molar-refractivity contribution >= 4 is 19.9 Å². The van der Waals surface area contributed by atoms with Gasteiger partial charge < -0.3 is 0 Å². The molecular weight excluding hydrogens is 488 g/mol. The number of hydrogen-bond donors (Lipinski definition) is 0. The maximum Gasteiger partial charge on any atom is 0.490 e. The third-order valence-corrected chi connectivity index (χ3v) is 9.72. The average Bonchev–Trinajstić information content (AvgIpc) is 2.99. The van der Waals surface area contributed by atoms with Crippen LogP contribution in [0.2, 0.25) is 0 Å². The lowest BCUT2D eigenvalue weighted by Gasteiger charge is -2.40. The summed E-state index contributed by atoms with van der Waals surface area (Å²) in [4.78, 5) is 0. The highest BCUT2D eigenvalue weighted by atomic mass is 32.2. The van der Waals surface area contributed by atoms with Gasteiger partial charge in [0.25, 0.3) is 9.84 Å². The Hall–Kier alpha value is -0.840. The number of rotatable bonds is 8. The summed E-state index contributed by atoms with van der Waals surface area (Å²) in [5.41, 5.74) is 0. The highest BCUT2D eigenvalue weighted by molar-refractivity contribution is 7.94. The van der Waals surface area contributed by atoms with Crippen molar-refractivity contribution in [3.63, 3.8) is 0 Å². The Morgan fingerprint density at radius 2 is 1.27 bits per heavy atom. The van der Waals surface area contributed by atoms with E-state index in [0.717, 1.165) is 0 Å². The van der Waals surface area contributed by atoms with Crippen molar-refractivity contribution in [3.8, 4) is 0 Å². The van der Waals surface area contributed by atoms with Gasteiger partial charge in [-0.2, -0.15) is 56.2 Å². The topological polar surface area (TPSA) is 68.3 Å². The van der Waals surface area contributed by atoms with Crippen LogP contribution in [-0.4, -0.2) is 62.0 Å². The minimum atomic E-state index is -6.98. The molecule has 0 radical (unpaired) electrons. The van der Waals surface area contributed by atoms with Crippen molar-refractivity contribution in [2.75, 3.05) is 13.1 Å². The summed E-state index contributed by atoms with van der Waals surface area (Å²) in [5, 5.41) is -16.5. The molecule has 0 amide bonds. The molecule has 1 heterocycles. The predicted octanol–water partition coefficient (Wildman–Crippen LogP) is 4.17. The smallest absolute Gasteiger partial charge is 0.216 e. The second kappa shape index (κ2) is 7.94. The average molecular weight is 506 g/mol. The molecule has 17 heteroatoms. The van der Waals surface area contributed by atoms with E-state index in [1.807, 2.05) is 0 Å². The Labute approximate surface area is 165 Å². The molecule has 0 aromatic rings. The van der Waals surface area contributed by atoms with Crippen LogP contribution < -0.4 is 0 Å². The van der Waals surface area contributed by atoms with Crippen molar-refractivity contribution in [1.29, 1.82) is 0 Å². The van der Waals surface area contributed by atoms with Crippen LogP contribution in [0.25, 0.3) is 0 Å². The minimum Gasteiger partial charge on any atom is -0.216 e. The van der Waals surface area contributed by atoms with Gasteiger partial charge >= 0.3 is 32.9 Å². The third-order valence-electron chi connectivity index (χ3n) is 4.83. The van der Waals surface area contributed by atoms with E-state index in [-0.39, 0.29) is 12.8 Å². The van der Waals surface area contributed by atoms with Crippen molar-refractivity contribution in [2.24, 2.45) is 0 Å². The van der Waals surface area contributed by atoms with Crippen molar-refractivity contribution in [2.45, 2.75) is 67.3 Å². The van der Waals surface area contributed by atoms with E-state index in [1.165, 1.54) is 6.92 Å². The molecule has 0 aromatic carbocycles. The van der Waals surface area contributed by atoms with Crippen molar-refractivity contribution in [3.05, 3.63) is 0 Å². The van der Waals surface area contributed by atoms with Gasteiger partial charge in [-0.3, -0.25) is 0 Å². The Balaban J connectivity index is 3.80. The first-order chi connectivity index (χ1) is 13.1. The van der Waals surface area contributed by atoms with E-state index < -0.39 is 84.3 Å². The van der Waals surface area contributed by atoms with E-state index in [9.17, 15) is 60.7 Å². The number of hydrogen-bond acceptors (Lipinski definition) is 4. The highest BCUT2D eigenvalue weighted by Gasteiger charge is 2.80. The van der Waals surface area contributed by atoms with Crippen molar-refractivity contribution < 1.29 is 64.6 Å². The van der Waals surface area contributed by atoms with Gasteiger partial charge in [-0.1, -0.05) is 13.3 Å². The first kappa shape index (κ1) is 27.2. The maximum absolute atomic E-state index is 13.9. The second-order valence-electron chi connectivity index (χ2n) is 6.75. The normalized spacial score (nSPS) is 25.0. The summed E-state index contributed by atoms with van der Waals surface area (Å²) in [6, 6.07) is 0. The third kappa shape index (κ3) is 3.89. The van der Waals surface area contributed by atoms with Gasteiger partial charge in [0, 0.05) is 12.8 Å². The largest absolute Gasteiger partial charge is 0.490 e. The zero-order chi connectivity index (χ0) is 24.0. The van der Waals surface area contributed by atoms with Gasteiger partial charge in [0.1, 0.15) is 0 Å². The molecule has 0 aliphatic carbocycles. The Morgan fingerprint density at radius 1 is 0.800 bits per heavy atom. The molecule has 0 saturated carbocycles. The van der Waals surface area contributed by atoms with Gasteiger partial charge in [0.05, 0.1) is 13.1 Å². The SMILES string of the molecule is CCCCC[N+]1(S(=O)(=O)C(F)(F)C(F)(F)F)CCCC1S(=O)(=O)C(F)(F)C(F)(F)F. The molecule has 1 aliphatic rings.